The van der Waals surface area contributed by atoms with E-state index in [0.717, 1.165) is 29.4 Å². The highest BCUT2D eigenvalue weighted by molar-refractivity contribution is 6.00. The average molecular weight is 315 g/mol. The van der Waals surface area contributed by atoms with Gasteiger partial charge in [-0.15, -0.1) is 0 Å². The minimum Gasteiger partial charge on any atom is -0.507 e. The van der Waals surface area contributed by atoms with Gasteiger partial charge < -0.3 is 14.6 Å². The topological polar surface area (TPSA) is 59.0 Å². The van der Waals surface area contributed by atoms with Crippen molar-refractivity contribution in [1.82, 2.24) is 4.90 Å². The highest BCUT2D eigenvalue weighted by Gasteiger charge is 2.22. The number of ether oxygens (including phenoxy) is 2. The molecule has 1 aliphatic heterocycles. The molecule has 0 bridgehead atoms. The van der Waals surface area contributed by atoms with E-state index in [1.54, 1.807) is 6.07 Å². The van der Waals surface area contributed by atoms with Crippen molar-refractivity contribution in [3.63, 3.8) is 0 Å². The SMILES string of the molecule is COC(=O)c1cc2ccccc2c(CN2CCO[C@@H](C)C2)c1O. The fourth-order valence-electron chi connectivity index (χ4n) is 3.10. The Bertz CT molecular complexity index is 728. The maximum Gasteiger partial charge on any atom is 0.341 e. The summed E-state index contributed by atoms with van der Waals surface area (Å²) in [6.07, 6.45) is 0.168. The standard InChI is InChI=1S/C18H21NO4/c1-12-10-19(7-8-23-12)11-16-14-6-4-3-5-13(14)9-15(17(16)20)18(21)22-2/h3-6,9,12,20H,7-8,10-11H2,1-2H3/t12-/m0/s1. The van der Waals surface area contributed by atoms with Gasteiger partial charge in [0.15, 0.2) is 0 Å². The Morgan fingerprint density at radius 2 is 2.22 bits per heavy atom. The van der Waals surface area contributed by atoms with E-state index < -0.39 is 5.97 Å². The molecular formula is C18H21NO4. The van der Waals surface area contributed by atoms with Gasteiger partial charge in [-0.3, -0.25) is 4.90 Å². The average Bonchev–Trinajstić information content (AvgIpc) is 2.56. The van der Waals surface area contributed by atoms with E-state index in [2.05, 4.69) is 4.90 Å². The van der Waals surface area contributed by atoms with Crippen molar-refractivity contribution >= 4 is 16.7 Å². The van der Waals surface area contributed by atoms with Crippen LogP contribution in [0.2, 0.25) is 0 Å². The summed E-state index contributed by atoms with van der Waals surface area (Å²) in [4.78, 5) is 14.2. The number of hydrogen-bond donors (Lipinski definition) is 1. The molecule has 1 saturated heterocycles. The third-order valence-electron chi connectivity index (χ3n) is 4.24. The maximum absolute atomic E-state index is 12.0. The monoisotopic (exact) mass is 315 g/mol. The molecule has 5 nitrogen and oxygen atoms in total. The number of hydrogen-bond acceptors (Lipinski definition) is 5. The molecule has 1 N–H and O–H groups in total. The quantitative estimate of drug-likeness (QED) is 0.882. The van der Waals surface area contributed by atoms with Gasteiger partial charge in [0.05, 0.1) is 19.8 Å². The van der Waals surface area contributed by atoms with Gasteiger partial charge in [0, 0.05) is 25.2 Å². The molecule has 2 aromatic rings. The third kappa shape index (κ3) is 3.16. The molecule has 0 unspecified atom stereocenters. The summed E-state index contributed by atoms with van der Waals surface area (Å²) in [6.45, 7) is 4.90. The van der Waals surface area contributed by atoms with E-state index in [-0.39, 0.29) is 17.4 Å². The fraction of sp³-hybridized carbons (Fsp3) is 0.389. The van der Waals surface area contributed by atoms with Crippen LogP contribution in [0, 0.1) is 0 Å². The molecule has 1 aliphatic rings. The summed E-state index contributed by atoms with van der Waals surface area (Å²) in [5.41, 5.74) is 0.972. The Hall–Kier alpha value is -2.11. The molecule has 1 heterocycles. The number of phenolic OH excluding ortho intramolecular Hbond substituents is 1. The number of carbonyl (C=O) groups excluding carboxylic acids is 1. The van der Waals surface area contributed by atoms with Crippen LogP contribution in [-0.4, -0.2) is 48.9 Å². The zero-order valence-corrected chi connectivity index (χ0v) is 13.4. The van der Waals surface area contributed by atoms with E-state index in [1.165, 1.54) is 7.11 Å². The van der Waals surface area contributed by atoms with Gasteiger partial charge in [0.25, 0.3) is 0 Å². The van der Waals surface area contributed by atoms with Crippen molar-refractivity contribution in [3.05, 3.63) is 41.5 Å². The van der Waals surface area contributed by atoms with Crippen molar-refractivity contribution in [2.75, 3.05) is 26.8 Å². The largest absolute Gasteiger partial charge is 0.507 e. The van der Waals surface area contributed by atoms with Crippen LogP contribution in [0.25, 0.3) is 10.8 Å². The molecule has 5 heteroatoms. The van der Waals surface area contributed by atoms with Crippen LogP contribution in [0.3, 0.4) is 0 Å². The zero-order chi connectivity index (χ0) is 16.4. The second-order valence-electron chi connectivity index (χ2n) is 5.88. The van der Waals surface area contributed by atoms with Gasteiger partial charge in [-0.05, 0) is 23.8 Å². The van der Waals surface area contributed by atoms with Gasteiger partial charge in [-0.2, -0.15) is 0 Å². The molecule has 0 saturated carbocycles. The van der Waals surface area contributed by atoms with Crippen molar-refractivity contribution in [2.45, 2.75) is 19.6 Å². The molecule has 0 radical (unpaired) electrons. The number of carbonyl (C=O) groups is 1. The number of rotatable bonds is 3. The third-order valence-corrected chi connectivity index (χ3v) is 4.24. The maximum atomic E-state index is 12.0. The Morgan fingerprint density at radius 3 is 2.96 bits per heavy atom. The molecule has 3 rings (SSSR count). The highest BCUT2D eigenvalue weighted by Crippen LogP contribution is 2.33. The van der Waals surface area contributed by atoms with Crippen molar-refractivity contribution < 1.29 is 19.4 Å². The van der Waals surface area contributed by atoms with Gasteiger partial charge in [-0.25, -0.2) is 4.79 Å². The number of methoxy groups -OCH3 is 1. The van der Waals surface area contributed by atoms with E-state index in [4.69, 9.17) is 9.47 Å². The number of phenols is 1. The number of nitrogens with zero attached hydrogens (tertiary/aromatic N) is 1. The molecule has 0 aromatic heterocycles. The van der Waals surface area contributed by atoms with Crippen LogP contribution >= 0.6 is 0 Å². The first-order valence-electron chi connectivity index (χ1n) is 7.76. The Morgan fingerprint density at radius 1 is 1.43 bits per heavy atom. The minimum atomic E-state index is -0.523. The molecular weight excluding hydrogens is 294 g/mol. The number of benzene rings is 2. The van der Waals surface area contributed by atoms with Gasteiger partial charge in [-0.1, -0.05) is 24.3 Å². The van der Waals surface area contributed by atoms with Crippen LogP contribution in [0.1, 0.15) is 22.8 Å². The summed E-state index contributed by atoms with van der Waals surface area (Å²) < 4.78 is 10.4. The number of aromatic hydroxyl groups is 1. The van der Waals surface area contributed by atoms with E-state index in [9.17, 15) is 9.90 Å². The molecule has 1 atom stereocenters. The van der Waals surface area contributed by atoms with Crippen molar-refractivity contribution in [1.29, 1.82) is 0 Å². The van der Waals surface area contributed by atoms with Crippen LogP contribution in [-0.2, 0) is 16.0 Å². The van der Waals surface area contributed by atoms with Crippen LogP contribution < -0.4 is 0 Å². The minimum absolute atomic E-state index is 0.00898. The Labute approximate surface area is 135 Å². The lowest BCUT2D eigenvalue weighted by molar-refractivity contribution is -0.0212. The van der Waals surface area contributed by atoms with E-state index >= 15 is 0 Å². The number of morpholine rings is 1. The summed E-state index contributed by atoms with van der Waals surface area (Å²) in [6, 6.07) is 9.44. The zero-order valence-electron chi connectivity index (χ0n) is 13.4. The van der Waals surface area contributed by atoms with Gasteiger partial charge >= 0.3 is 5.97 Å². The van der Waals surface area contributed by atoms with Crippen LogP contribution in [0.15, 0.2) is 30.3 Å². The predicted molar refractivity (Wildman–Crippen MR) is 87.6 cm³/mol. The Balaban J connectivity index is 2.06. The summed E-state index contributed by atoms with van der Waals surface area (Å²) in [5, 5.41) is 12.5. The molecule has 122 valence electrons. The fourth-order valence-corrected chi connectivity index (χ4v) is 3.10. The second kappa shape index (κ2) is 6.56. The molecule has 2 aromatic carbocycles. The smallest absolute Gasteiger partial charge is 0.341 e. The second-order valence-corrected chi connectivity index (χ2v) is 5.88. The molecule has 0 spiro atoms. The summed E-state index contributed by atoms with van der Waals surface area (Å²) in [5.74, 6) is -0.514. The number of fused-ring (bicyclic) bond motifs is 1. The van der Waals surface area contributed by atoms with Crippen molar-refractivity contribution in [3.8, 4) is 5.75 Å². The van der Waals surface area contributed by atoms with Crippen LogP contribution in [0.4, 0.5) is 0 Å². The van der Waals surface area contributed by atoms with E-state index in [1.807, 2.05) is 31.2 Å². The summed E-state index contributed by atoms with van der Waals surface area (Å²) in [7, 11) is 1.32. The van der Waals surface area contributed by atoms with Gasteiger partial charge in [0.2, 0.25) is 0 Å². The molecule has 0 aliphatic carbocycles. The first-order valence-corrected chi connectivity index (χ1v) is 7.76. The van der Waals surface area contributed by atoms with Crippen molar-refractivity contribution in [2.24, 2.45) is 0 Å². The normalized spacial score (nSPS) is 19.0. The molecule has 0 amide bonds. The lowest BCUT2D eigenvalue weighted by Gasteiger charge is -2.31. The van der Waals surface area contributed by atoms with Gasteiger partial charge in [0.1, 0.15) is 11.3 Å². The lowest BCUT2D eigenvalue weighted by Crippen LogP contribution is -2.40. The first kappa shape index (κ1) is 15.8. The summed E-state index contributed by atoms with van der Waals surface area (Å²) >= 11 is 0. The first-order chi connectivity index (χ1) is 11.1. The Kier molecular flexibility index (Phi) is 4.50. The molecule has 23 heavy (non-hydrogen) atoms. The van der Waals surface area contributed by atoms with Crippen LogP contribution in [0.5, 0.6) is 5.75 Å². The van der Waals surface area contributed by atoms with E-state index in [0.29, 0.717) is 13.2 Å². The highest BCUT2D eigenvalue weighted by atomic mass is 16.5. The lowest BCUT2D eigenvalue weighted by atomic mass is 9.98. The molecule has 1 fully saturated rings. The predicted octanol–water partition coefficient (Wildman–Crippen LogP) is 2.55. The number of esters is 1.